The Balaban J connectivity index is 1.70. The molecule has 0 nitrogen and oxygen atoms in total. The van der Waals surface area contributed by atoms with E-state index in [0.717, 1.165) is 16.7 Å². The topological polar surface area (TPSA) is 0 Å². The first-order chi connectivity index (χ1) is 18.8. The summed E-state index contributed by atoms with van der Waals surface area (Å²) in [4.78, 5) is 0. The second-order valence-electron chi connectivity index (χ2n) is 9.64. The van der Waals surface area contributed by atoms with Crippen LogP contribution < -0.4 is 0 Å². The van der Waals surface area contributed by atoms with Gasteiger partial charge in [-0.15, -0.1) is 6.42 Å². The lowest BCUT2D eigenvalue weighted by atomic mass is 9.81. The van der Waals surface area contributed by atoms with Crippen LogP contribution in [-0.4, -0.2) is 0 Å². The molecule has 0 heteroatoms. The molecule has 0 atom stereocenters. The molecule has 0 radical (unpaired) electrons. The molecule has 0 bridgehead atoms. The van der Waals surface area contributed by atoms with E-state index in [1.165, 1.54) is 54.6 Å². The molecule has 0 N–H and O–H groups in total. The first-order valence-electron chi connectivity index (χ1n) is 12.9. The fraction of sp³-hybridized carbons (Fsp3) is 0. The molecule has 0 aliphatic heterocycles. The number of hydrogen-bond donors (Lipinski definition) is 0. The van der Waals surface area contributed by atoms with Crippen molar-refractivity contribution in [2.24, 2.45) is 0 Å². The number of benzene rings is 7. The van der Waals surface area contributed by atoms with Gasteiger partial charge >= 0.3 is 0 Å². The van der Waals surface area contributed by atoms with Crippen LogP contribution in [0.3, 0.4) is 0 Å². The van der Waals surface area contributed by atoms with Crippen molar-refractivity contribution < 1.29 is 0 Å². The molecule has 0 spiro atoms. The van der Waals surface area contributed by atoms with Crippen molar-refractivity contribution in [3.63, 3.8) is 0 Å². The Morgan fingerprint density at radius 3 is 1.29 bits per heavy atom. The molecule has 7 aromatic carbocycles. The Labute approximate surface area is 222 Å². The molecule has 0 unspecified atom stereocenters. The molecular weight excluding hydrogens is 456 g/mol. The van der Waals surface area contributed by atoms with Crippen molar-refractivity contribution in [1.29, 1.82) is 0 Å². The summed E-state index contributed by atoms with van der Waals surface area (Å²) in [6.45, 7) is 0. The van der Waals surface area contributed by atoms with E-state index in [1.54, 1.807) is 0 Å². The van der Waals surface area contributed by atoms with E-state index in [-0.39, 0.29) is 0 Å². The van der Waals surface area contributed by atoms with Crippen LogP contribution in [0.15, 0.2) is 140 Å². The van der Waals surface area contributed by atoms with Gasteiger partial charge in [0.1, 0.15) is 0 Å². The Morgan fingerprint density at radius 1 is 0.342 bits per heavy atom. The van der Waals surface area contributed by atoms with Crippen LogP contribution in [0.1, 0.15) is 5.56 Å². The molecule has 38 heavy (non-hydrogen) atoms. The van der Waals surface area contributed by atoms with Crippen molar-refractivity contribution >= 4 is 32.3 Å². The van der Waals surface area contributed by atoms with Crippen LogP contribution in [0.2, 0.25) is 0 Å². The first-order valence-corrected chi connectivity index (χ1v) is 12.9. The van der Waals surface area contributed by atoms with Crippen molar-refractivity contribution in [3.05, 3.63) is 145 Å². The summed E-state index contributed by atoms with van der Waals surface area (Å²) in [5.41, 5.74) is 7.90. The highest BCUT2D eigenvalue weighted by Gasteiger charge is 2.21. The minimum Gasteiger partial charge on any atom is -0.115 e. The average Bonchev–Trinajstić information content (AvgIpc) is 2.99. The lowest BCUT2D eigenvalue weighted by Gasteiger charge is -2.21. The Kier molecular flexibility index (Phi) is 5.28. The van der Waals surface area contributed by atoms with Gasteiger partial charge in [-0.3, -0.25) is 0 Å². The third kappa shape index (κ3) is 3.49. The minimum atomic E-state index is 0.897. The molecule has 0 heterocycles. The molecule has 176 valence electrons. The summed E-state index contributed by atoms with van der Waals surface area (Å²) in [5, 5.41) is 7.28. The first kappa shape index (κ1) is 22.1. The SMILES string of the molecule is C#Cc1ccc(-c2cccc3ccccc23)c(-c2cccc3ccccc23)c1-c1cccc2ccccc12. The monoisotopic (exact) mass is 480 g/mol. The molecular formula is C38H24. The zero-order valence-corrected chi connectivity index (χ0v) is 20.9. The fourth-order valence-corrected chi connectivity index (χ4v) is 5.85. The van der Waals surface area contributed by atoms with Gasteiger partial charge < -0.3 is 0 Å². The minimum absolute atomic E-state index is 0.897. The summed E-state index contributed by atoms with van der Waals surface area (Å²) in [5.74, 6) is 3.03. The van der Waals surface area contributed by atoms with Crippen LogP contribution in [0.4, 0.5) is 0 Å². The van der Waals surface area contributed by atoms with Gasteiger partial charge in [0.15, 0.2) is 0 Å². The maximum absolute atomic E-state index is 6.22. The van der Waals surface area contributed by atoms with Gasteiger partial charge in [0.25, 0.3) is 0 Å². The number of fused-ring (bicyclic) bond motifs is 3. The molecule has 0 saturated heterocycles. The molecule has 0 aliphatic carbocycles. The summed E-state index contributed by atoms with van der Waals surface area (Å²) >= 11 is 0. The molecule has 0 aliphatic rings. The maximum atomic E-state index is 6.22. The predicted octanol–water partition coefficient (Wildman–Crippen LogP) is 10.1. The van der Waals surface area contributed by atoms with Crippen LogP contribution in [-0.2, 0) is 0 Å². The van der Waals surface area contributed by atoms with E-state index in [9.17, 15) is 0 Å². The van der Waals surface area contributed by atoms with Crippen LogP contribution in [0, 0.1) is 12.3 Å². The summed E-state index contributed by atoms with van der Waals surface area (Å²) in [7, 11) is 0. The van der Waals surface area contributed by atoms with Gasteiger partial charge in [0, 0.05) is 11.1 Å². The van der Waals surface area contributed by atoms with E-state index < -0.39 is 0 Å². The lowest BCUT2D eigenvalue weighted by Crippen LogP contribution is -1.96. The molecule has 0 saturated carbocycles. The number of hydrogen-bond acceptors (Lipinski definition) is 0. The summed E-state index contributed by atoms with van der Waals surface area (Å²) in [6, 6.07) is 49.7. The van der Waals surface area contributed by atoms with Gasteiger partial charge in [-0.1, -0.05) is 139 Å². The van der Waals surface area contributed by atoms with Gasteiger partial charge in [0.2, 0.25) is 0 Å². The standard InChI is InChI=1S/C38H24/c1-2-26-24-25-36(33-21-9-15-27-12-3-6-18-30(27)33)38(35-23-11-17-29-14-5-8-20-32(29)35)37(26)34-22-10-16-28-13-4-7-19-31(28)34/h1,3-25H. The van der Waals surface area contributed by atoms with Gasteiger partial charge in [-0.25, -0.2) is 0 Å². The van der Waals surface area contributed by atoms with Crippen LogP contribution in [0.25, 0.3) is 65.7 Å². The van der Waals surface area contributed by atoms with Crippen molar-refractivity contribution in [3.8, 4) is 45.7 Å². The highest BCUT2D eigenvalue weighted by Crippen LogP contribution is 2.47. The van der Waals surface area contributed by atoms with Gasteiger partial charge in [0.05, 0.1) is 0 Å². The zero-order chi connectivity index (χ0) is 25.5. The third-order valence-corrected chi connectivity index (χ3v) is 7.56. The smallest absolute Gasteiger partial charge is 0.0327 e. The lowest BCUT2D eigenvalue weighted by molar-refractivity contribution is 1.57. The third-order valence-electron chi connectivity index (χ3n) is 7.56. The Bertz CT molecular complexity index is 2020. The second-order valence-corrected chi connectivity index (χ2v) is 9.64. The molecule has 0 amide bonds. The highest BCUT2D eigenvalue weighted by atomic mass is 14.2. The van der Waals surface area contributed by atoms with E-state index in [0.29, 0.717) is 0 Å². The molecule has 7 rings (SSSR count). The predicted molar refractivity (Wildman–Crippen MR) is 163 cm³/mol. The van der Waals surface area contributed by atoms with Crippen molar-refractivity contribution in [2.45, 2.75) is 0 Å². The second kappa shape index (κ2) is 9.07. The van der Waals surface area contributed by atoms with E-state index in [4.69, 9.17) is 6.42 Å². The van der Waals surface area contributed by atoms with Crippen molar-refractivity contribution in [2.75, 3.05) is 0 Å². The normalized spacial score (nSPS) is 11.1. The molecule has 0 fully saturated rings. The highest BCUT2D eigenvalue weighted by molar-refractivity contribution is 6.12. The Morgan fingerprint density at radius 2 is 0.763 bits per heavy atom. The summed E-state index contributed by atoms with van der Waals surface area (Å²) < 4.78 is 0. The van der Waals surface area contributed by atoms with E-state index >= 15 is 0 Å². The zero-order valence-electron chi connectivity index (χ0n) is 20.9. The quantitative estimate of drug-likeness (QED) is 0.221. The number of rotatable bonds is 3. The van der Waals surface area contributed by atoms with E-state index in [1.807, 2.05) is 0 Å². The van der Waals surface area contributed by atoms with Gasteiger partial charge in [-0.05, 0) is 66.2 Å². The van der Waals surface area contributed by atoms with Gasteiger partial charge in [-0.2, -0.15) is 0 Å². The molecule has 7 aromatic rings. The average molecular weight is 481 g/mol. The van der Waals surface area contributed by atoms with E-state index in [2.05, 4.69) is 145 Å². The maximum Gasteiger partial charge on any atom is 0.0327 e. The number of terminal acetylenes is 1. The van der Waals surface area contributed by atoms with Crippen LogP contribution in [0.5, 0.6) is 0 Å². The van der Waals surface area contributed by atoms with Crippen LogP contribution >= 0.6 is 0 Å². The molecule has 0 aromatic heterocycles. The fourth-order valence-electron chi connectivity index (χ4n) is 5.85. The summed E-state index contributed by atoms with van der Waals surface area (Å²) in [6.07, 6.45) is 6.22. The van der Waals surface area contributed by atoms with Crippen molar-refractivity contribution in [1.82, 2.24) is 0 Å². The largest absolute Gasteiger partial charge is 0.115 e. The Hall–Kier alpha value is -5.12.